The second-order valence-electron chi connectivity index (χ2n) is 5.89. The Labute approximate surface area is 158 Å². The first-order valence-corrected chi connectivity index (χ1v) is 7.99. The fraction of sp³-hybridized carbons (Fsp3) is 0.412. The van der Waals surface area contributed by atoms with Crippen molar-refractivity contribution in [1.29, 1.82) is 0 Å². The second kappa shape index (κ2) is 8.46. The molecule has 1 aliphatic rings. The lowest BCUT2D eigenvalue weighted by molar-refractivity contribution is 0.559. The lowest BCUT2D eigenvalue weighted by Gasteiger charge is -2.19. The minimum atomic E-state index is -0.119. The minimum Gasteiger partial charge on any atom is -0.357 e. The Kier molecular flexibility index (Phi) is 6.59. The van der Waals surface area contributed by atoms with Gasteiger partial charge in [-0.05, 0) is 37.5 Å². The van der Waals surface area contributed by atoms with E-state index >= 15 is 0 Å². The fourth-order valence-electron chi connectivity index (χ4n) is 2.72. The summed E-state index contributed by atoms with van der Waals surface area (Å²) >= 11 is 0. The molecule has 24 heavy (non-hydrogen) atoms. The zero-order valence-electron chi connectivity index (χ0n) is 13.7. The molecule has 1 aromatic carbocycles. The van der Waals surface area contributed by atoms with Crippen molar-refractivity contribution >= 4 is 29.9 Å². The van der Waals surface area contributed by atoms with Gasteiger partial charge in [-0.1, -0.05) is 18.2 Å². The number of rotatable bonds is 6. The van der Waals surface area contributed by atoms with Gasteiger partial charge in [0.1, 0.15) is 5.82 Å². The molecule has 1 saturated carbocycles. The molecule has 0 aliphatic heterocycles. The number of hydrogen-bond acceptors (Lipinski definition) is 2. The standard InChI is InChI=1S/C17H22FN5.HI/c1-2-19-16(20-11-13-7-10-22-23-13)21-12-17(8-9-17)14-5-3-4-6-15(14)18;/h3-7,10H,2,8-9,11-12H2,1H3,(H,22,23)(H2,19,20,21);1H. The molecule has 3 rings (SSSR count). The average molecular weight is 443 g/mol. The van der Waals surface area contributed by atoms with Crippen LogP contribution in [0.2, 0.25) is 0 Å². The molecule has 1 fully saturated rings. The Morgan fingerprint density at radius 1 is 1.29 bits per heavy atom. The molecule has 2 aromatic rings. The molecule has 0 bridgehead atoms. The zero-order valence-corrected chi connectivity index (χ0v) is 16.0. The van der Waals surface area contributed by atoms with Crippen LogP contribution in [0.4, 0.5) is 4.39 Å². The molecule has 1 aliphatic carbocycles. The van der Waals surface area contributed by atoms with Gasteiger partial charge in [0, 0.05) is 24.7 Å². The maximum absolute atomic E-state index is 14.0. The van der Waals surface area contributed by atoms with Gasteiger partial charge in [-0.3, -0.25) is 5.10 Å². The topological polar surface area (TPSA) is 65.1 Å². The molecule has 7 heteroatoms. The maximum atomic E-state index is 14.0. The molecule has 5 nitrogen and oxygen atoms in total. The summed E-state index contributed by atoms with van der Waals surface area (Å²) in [5, 5.41) is 13.4. The molecule has 0 unspecified atom stereocenters. The zero-order chi connectivity index (χ0) is 16.1. The van der Waals surface area contributed by atoms with Crippen LogP contribution in [0.5, 0.6) is 0 Å². The van der Waals surface area contributed by atoms with Crippen molar-refractivity contribution in [3.63, 3.8) is 0 Å². The number of hydrogen-bond donors (Lipinski definition) is 3. The Hall–Kier alpha value is -1.64. The number of H-pyrrole nitrogens is 1. The largest absolute Gasteiger partial charge is 0.357 e. The summed E-state index contributed by atoms with van der Waals surface area (Å²) in [6.07, 6.45) is 3.71. The van der Waals surface area contributed by atoms with E-state index in [-0.39, 0.29) is 35.2 Å². The lowest BCUT2D eigenvalue weighted by atomic mass is 9.95. The van der Waals surface area contributed by atoms with Crippen molar-refractivity contribution in [1.82, 2.24) is 20.8 Å². The van der Waals surface area contributed by atoms with Gasteiger partial charge in [-0.25, -0.2) is 9.38 Å². The number of benzene rings is 1. The van der Waals surface area contributed by atoms with E-state index in [2.05, 4.69) is 25.8 Å². The third-order valence-electron chi connectivity index (χ3n) is 4.20. The Balaban J connectivity index is 0.00000208. The first-order valence-electron chi connectivity index (χ1n) is 7.99. The highest BCUT2D eigenvalue weighted by atomic mass is 127. The number of guanidine groups is 1. The van der Waals surface area contributed by atoms with Crippen LogP contribution < -0.4 is 10.6 Å². The fourth-order valence-corrected chi connectivity index (χ4v) is 2.72. The Bertz CT molecular complexity index is 667. The van der Waals surface area contributed by atoms with Crippen molar-refractivity contribution in [2.24, 2.45) is 4.99 Å². The third-order valence-corrected chi connectivity index (χ3v) is 4.20. The van der Waals surface area contributed by atoms with Crippen LogP contribution in [0.25, 0.3) is 0 Å². The lowest BCUT2D eigenvalue weighted by Crippen LogP contribution is -2.41. The van der Waals surface area contributed by atoms with Gasteiger partial charge in [0.25, 0.3) is 0 Å². The molecule has 0 atom stereocenters. The van der Waals surface area contributed by atoms with Crippen LogP contribution in [-0.4, -0.2) is 29.2 Å². The quantitative estimate of drug-likeness (QED) is 0.366. The third kappa shape index (κ3) is 4.46. The van der Waals surface area contributed by atoms with E-state index < -0.39 is 0 Å². The summed E-state index contributed by atoms with van der Waals surface area (Å²) in [5.74, 6) is 0.621. The van der Waals surface area contributed by atoms with Crippen molar-refractivity contribution < 1.29 is 4.39 Å². The van der Waals surface area contributed by atoms with Crippen molar-refractivity contribution in [3.05, 3.63) is 53.6 Å². The van der Waals surface area contributed by atoms with Gasteiger partial charge >= 0.3 is 0 Å². The molecule has 0 spiro atoms. The SMILES string of the molecule is CCNC(=NCc1ccn[nH]1)NCC1(c2ccccc2F)CC1.I. The highest BCUT2D eigenvalue weighted by Crippen LogP contribution is 2.48. The predicted molar refractivity (Wildman–Crippen MR) is 104 cm³/mol. The van der Waals surface area contributed by atoms with Crippen LogP contribution in [0.3, 0.4) is 0 Å². The number of nitrogens with one attached hydrogen (secondary N) is 3. The van der Waals surface area contributed by atoms with Gasteiger partial charge in [0.2, 0.25) is 0 Å². The monoisotopic (exact) mass is 443 g/mol. The van der Waals surface area contributed by atoms with Crippen molar-refractivity contribution in [3.8, 4) is 0 Å². The summed E-state index contributed by atoms with van der Waals surface area (Å²) < 4.78 is 14.0. The van der Waals surface area contributed by atoms with Gasteiger partial charge < -0.3 is 10.6 Å². The molecule has 3 N–H and O–H groups in total. The van der Waals surface area contributed by atoms with E-state index in [9.17, 15) is 4.39 Å². The number of nitrogens with zero attached hydrogens (tertiary/aromatic N) is 2. The van der Waals surface area contributed by atoms with E-state index in [4.69, 9.17) is 0 Å². The minimum absolute atomic E-state index is 0. The van der Waals surface area contributed by atoms with Gasteiger partial charge in [-0.2, -0.15) is 5.10 Å². The van der Waals surface area contributed by atoms with Crippen LogP contribution in [-0.2, 0) is 12.0 Å². The molecule has 130 valence electrons. The van der Waals surface area contributed by atoms with E-state index in [0.29, 0.717) is 13.1 Å². The molecule has 0 radical (unpaired) electrons. The van der Waals surface area contributed by atoms with E-state index in [1.54, 1.807) is 12.3 Å². The normalized spacial score (nSPS) is 15.5. The number of halogens is 2. The van der Waals surface area contributed by atoms with E-state index in [0.717, 1.165) is 36.6 Å². The van der Waals surface area contributed by atoms with Crippen LogP contribution in [0, 0.1) is 5.82 Å². The number of aliphatic imine (C=N–C) groups is 1. The maximum Gasteiger partial charge on any atom is 0.191 e. The predicted octanol–water partition coefficient (Wildman–Crippen LogP) is 2.95. The molecular weight excluding hydrogens is 420 g/mol. The average Bonchev–Trinajstić information content (AvgIpc) is 3.16. The summed E-state index contributed by atoms with van der Waals surface area (Å²) in [6, 6.07) is 8.95. The highest BCUT2D eigenvalue weighted by molar-refractivity contribution is 14.0. The number of aromatic nitrogens is 2. The van der Waals surface area contributed by atoms with Crippen LogP contribution >= 0.6 is 24.0 Å². The Morgan fingerprint density at radius 3 is 2.71 bits per heavy atom. The van der Waals surface area contributed by atoms with Gasteiger partial charge in [0.15, 0.2) is 5.96 Å². The summed E-state index contributed by atoms with van der Waals surface area (Å²) in [6.45, 7) is 4.02. The summed E-state index contributed by atoms with van der Waals surface area (Å²) in [7, 11) is 0. The first kappa shape index (κ1) is 18.7. The van der Waals surface area contributed by atoms with Crippen molar-refractivity contribution in [2.45, 2.75) is 31.7 Å². The van der Waals surface area contributed by atoms with Gasteiger partial charge in [0.05, 0.1) is 12.2 Å². The molecule has 0 saturated heterocycles. The molecule has 1 aromatic heterocycles. The molecule has 0 amide bonds. The summed E-state index contributed by atoms with van der Waals surface area (Å²) in [5.41, 5.74) is 1.66. The van der Waals surface area contributed by atoms with Crippen LogP contribution in [0.1, 0.15) is 31.0 Å². The smallest absolute Gasteiger partial charge is 0.191 e. The van der Waals surface area contributed by atoms with E-state index in [1.807, 2.05) is 25.1 Å². The summed E-state index contributed by atoms with van der Waals surface area (Å²) in [4.78, 5) is 4.53. The van der Waals surface area contributed by atoms with Crippen LogP contribution in [0.15, 0.2) is 41.5 Å². The molecular formula is C17H23FIN5. The Morgan fingerprint density at radius 2 is 2.08 bits per heavy atom. The van der Waals surface area contributed by atoms with Crippen molar-refractivity contribution in [2.75, 3.05) is 13.1 Å². The van der Waals surface area contributed by atoms with Gasteiger partial charge in [-0.15, -0.1) is 24.0 Å². The first-order chi connectivity index (χ1) is 11.2. The second-order valence-corrected chi connectivity index (χ2v) is 5.89. The highest BCUT2D eigenvalue weighted by Gasteiger charge is 2.45. The number of aromatic amines is 1. The molecule has 1 heterocycles. The van der Waals surface area contributed by atoms with E-state index in [1.165, 1.54) is 6.07 Å².